The molecule has 1 amide bonds. The highest BCUT2D eigenvalue weighted by Gasteiger charge is 2.37. The number of rotatable bonds is 1. The molecule has 17 heavy (non-hydrogen) atoms. The first-order valence-corrected chi connectivity index (χ1v) is 7.73. The molecular weight excluding hydrogens is 242 g/mol. The van der Waals surface area contributed by atoms with Gasteiger partial charge in [-0.1, -0.05) is 6.92 Å². The highest BCUT2D eigenvalue weighted by atomic mass is 32.2. The lowest BCUT2D eigenvalue weighted by molar-refractivity contribution is -0.139. The molecular formula is C11H17NO4S. The van der Waals surface area contributed by atoms with E-state index in [2.05, 4.69) is 0 Å². The smallest absolute Gasteiger partial charge is 0.226 e. The second-order valence-electron chi connectivity index (χ2n) is 5.00. The van der Waals surface area contributed by atoms with Crippen molar-refractivity contribution in [2.75, 3.05) is 24.6 Å². The van der Waals surface area contributed by atoms with Gasteiger partial charge in [-0.05, 0) is 6.42 Å². The third-order valence-electron chi connectivity index (χ3n) is 3.57. The molecule has 96 valence electrons. The van der Waals surface area contributed by atoms with Crippen LogP contribution in [0, 0.1) is 11.8 Å². The number of hydrogen-bond acceptors (Lipinski definition) is 4. The van der Waals surface area contributed by atoms with Gasteiger partial charge in [-0.2, -0.15) is 0 Å². The van der Waals surface area contributed by atoms with Crippen LogP contribution in [0.1, 0.15) is 19.8 Å². The summed E-state index contributed by atoms with van der Waals surface area (Å²) in [5, 5.41) is 0. The molecule has 0 radical (unpaired) electrons. The molecule has 5 nitrogen and oxygen atoms in total. The lowest BCUT2D eigenvalue weighted by atomic mass is 9.97. The molecule has 0 aromatic carbocycles. The minimum atomic E-state index is -3.02. The Morgan fingerprint density at radius 2 is 2.12 bits per heavy atom. The number of carbonyl (C=O) groups excluding carboxylic acids is 2. The topological polar surface area (TPSA) is 71.5 Å². The van der Waals surface area contributed by atoms with Crippen molar-refractivity contribution in [3.63, 3.8) is 0 Å². The second-order valence-corrected chi connectivity index (χ2v) is 7.23. The molecule has 2 saturated heterocycles. The summed E-state index contributed by atoms with van der Waals surface area (Å²) in [4.78, 5) is 25.1. The van der Waals surface area contributed by atoms with Crippen LogP contribution in [0.25, 0.3) is 0 Å². The van der Waals surface area contributed by atoms with Crippen LogP contribution in [0.15, 0.2) is 0 Å². The molecule has 2 fully saturated rings. The minimum absolute atomic E-state index is 0.0232. The Morgan fingerprint density at radius 1 is 1.41 bits per heavy atom. The number of ketones is 1. The van der Waals surface area contributed by atoms with E-state index >= 15 is 0 Å². The average molecular weight is 259 g/mol. The summed E-state index contributed by atoms with van der Waals surface area (Å²) in [6.07, 6.45) is 0.826. The summed E-state index contributed by atoms with van der Waals surface area (Å²) >= 11 is 0. The number of carbonyl (C=O) groups is 2. The molecule has 2 rings (SSSR count). The predicted molar refractivity (Wildman–Crippen MR) is 62.1 cm³/mol. The van der Waals surface area contributed by atoms with Gasteiger partial charge in [-0.3, -0.25) is 9.59 Å². The summed E-state index contributed by atoms with van der Waals surface area (Å²) in [5.41, 5.74) is 0. The van der Waals surface area contributed by atoms with Crippen LogP contribution in [0.4, 0.5) is 0 Å². The molecule has 0 saturated carbocycles. The lowest BCUT2D eigenvalue weighted by Crippen LogP contribution is -2.45. The van der Waals surface area contributed by atoms with Crippen LogP contribution in [0.5, 0.6) is 0 Å². The first-order valence-electron chi connectivity index (χ1n) is 5.91. The standard InChI is InChI=1S/C11H17NO4S/c1-8-6-12(4-2-10(8)13)11(14)9-3-5-17(15,16)7-9/h8-9H,2-7H2,1H3. The van der Waals surface area contributed by atoms with Crippen molar-refractivity contribution in [3.05, 3.63) is 0 Å². The summed E-state index contributed by atoms with van der Waals surface area (Å²) in [5.74, 6) is -0.319. The molecule has 0 bridgehead atoms. The van der Waals surface area contributed by atoms with E-state index in [4.69, 9.17) is 0 Å². The van der Waals surface area contributed by atoms with Gasteiger partial charge in [0.25, 0.3) is 0 Å². The van der Waals surface area contributed by atoms with Crippen LogP contribution in [-0.2, 0) is 19.4 Å². The Bertz CT molecular complexity index is 442. The van der Waals surface area contributed by atoms with Crippen molar-refractivity contribution in [2.24, 2.45) is 11.8 Å². The van der Waals surface area contributed by atoms with Crippen LogP contribution < -0.4 is 0 Å². The molecule has 6 heteroatoms. The van der Waals surface area contributed by atoms with E-state index in [1.165, 1.54) is 0 Å². The quantitative estimate of drug-likeness (QED) is 0.657. The van der Waals surface area contributed by atoms with E-state index in [1.54, 1.807) is 4.90 Å². The van der Waals surface area contributed by atoms with Gasteiger partial charge in [0.1, 0.15) is 5.78 Å². The molecule has 0 spiro atoms. The second kappa shape index (κ2) is 4.40. The first-order chi connectivity index (χ1) is 7.89. The van der Waals surface area contributed by atoms with Crippen molar-refractivity contribution in [3.8, 4) is 0 Å². The highest BCUT2D eigenvalue weighted by Crippen LogP contribution is 2.23. The number of hydrogen-bond donors (Lipinski definition) is 0. The normalized spacial score (nSPS) is 32.8. The van der Waals surface area contributed by atoms with Crippen LogP contribution in [0.2, 0.25) is 0 Å². The van der Waals surface area contributed by atoms with Crippen molar-refractivity contribution in [2.45, 2.75) is 19.8 Å². The van der Waals surface area contributed by atoms with Crippen LogP contribution in [0.3, 0.4) is 0 Å². The van der Waals surface area contributed by atoms with E-state index in [9.17, 15) is 18.0 Å². The largest absolute Gasteiger partial charge is 0.341 e. The zero-order chi connectivity index (χ0) is 12.6. The van der Waals surface area contributed by atoms with Gasteiger partial charge in [0, 0.05) is 25.4 Å². The molecule has 2 unspecified atom stereocenters. The fourth-order valence-electron chi connectivity index (χ4n) is 2.46. The number of amides is 1. The molecule has 0 aromatic heterocycles. The summed E-state index contributed by atoms with van der Waals surface area (Å²) in [6, 6.07) is 0. The predicted octanol–water partition coefficient (Wildman–Crippen LogP) is -0.141. The average Bonchev–Trinajstić information content (AvgIpc) is 2.62. The monoisotopic (exact) mass is 259 g/mol. The molecule has 0 aliphatic carbocycles. The number of Topliss-reactive ketones (excluding diaryl/α,β-unsaturated/α-hetero) is 1. The van der Waals surface area contributed by atoms with Gasteiger partial charge >= 0.3 is 0 Å². The zero-order valence-electron chi connectivity index (χ0n) is 9.89. The van der Waals surface area contributed by atoms with Crippen molar-refractivity contribution < 1.29 is 18.0 Å². The lowest BCUT2D eigenvalue weighted by Gasteiger charge is -2.31. The first kappa shape index (κ1) is 12.5. The fourth-order valence-corrected chi connectivity index (χ4v) is 4.20. The van der Waals surface area contributed by atoms with E-state index in [0.29, 0.717) is 25.9 Å². The zero-order valence-corrected chi connectivity index (χ0v) is 10.7. The number of likely N-dealkylation sites (tertiary alicyclic amines) is 1. The Balaban J connectivity index is 1.99. The summed E-state index contributed by atoms with van der Waals surface area (Å²) < 4.78 is 22.6. The maximum atomic E-state index is 12.1. The van der Waals surface area contributed by atoms with E-state index < -0.39 is 9.84 Å². The highest BCUT2D eigenvalue weighted by molar-refractivity contribution is 7.91. The summed E-state index contributed by atoms with van der Waals surface area (Å²) in [6.45, 7) is 2.69. The maximum absolute atomic E-state index is 12.1. The molecule has 2 aliphatic heterocycles. The SMILES string of the molecule is CC1CN(C(=O)C2CCS(=O)(=O)C2)CCC1=O. The number of piperidine rings is 1. The molecule has 2 atom stereocenters. The van der Waals surface area contributed by atoms with Gasteiger partial charge in [0.15, 0.2) is 9.84 Å². The van der Waals surface area contributed by atoms with Gasteiger partial charge in [-0.15, -0.1) is 0 Å². The van der Waals surface area contributed by atoms with Crippen molar-refractivity contribution >= 4 is 21.5 Å². The Labute approximate surface area is 101 Å². The van der Waals surface area contributed by atoms with Crippen LogP contribution >= 0.6 is 0 Å². The maximum Gasteiger partial charge on any atom is 0.226 e. The Hall–Kier alpha value is -0.910. The van der Waals surface area contributed by atoms with Gasteiger partial charge in [0.05, 0.1) is 17.4 Å². The fraction of sp³-hybridized carbons (Fsp3) is 0.818. The number of sulfone groups is 1. The molecule has 2 heterocycles. The third kappa shape index (κ3) is 2.68. The van der Waals surface area contributed by atoms with E-state index in [0.717, 1.165) is 0 Å². The van der Waals surface area contributed by atoms with E-state index in [-0.39, 0.29) is 35.0 Å². The minimum Gasteiger partial charge on any atom is -0.341 e. The molecule has 2 aliphatic rings. The molecule has 0 aromatic rings. The van der Waals surface area contributed by atoms with Crippen molar-refractivity contribution in [1.29, 1.82) is 0 Å². The van der Waals surface area contributed by atoms with E-state index in [1.807, 2.05) is 6.92 Å². The van der Waals surface area contributed by atoms with Gasteiger partial charge in [0.2, 0.25) is 5.91 Å². The summed E-state index contributed by atoms with van der Waals surface area (Å²) in [7, 11) is -3.02. The van der Waals surface area contributed by atoms with Gasteiger partial charge in [-0.25, -0.2) is 8.42 Å². The van der Waals surface area contributed by atoms with Gasteiger partial charge < -0.3 is 4.90 Å². The van der Waals surface area contributed by atoms with Crippen molar-refractivity contribution in [1.82, 2.24) is 4.90 Å². The number of nitrogens with zero attached hydrogens (tertiary/aromatic N) is 1. The third-order valence-corrected chi connectivity index (χ3v) is 5.33. The Kier molecular flexibility index (Phi) is 3.25. The Morgan fingerprint density at radius 3 is 2.65 bits per heavy atom. The van der Waals surface area contributed by atoms with Crippen LogP contribution in [-0.4, -0.2) is 49.6 Å². The molecule has 0 N–H and O–H groups in total.